The maximum atomic E-state index is 13.2. The van der Waals surface area contributed by atoms with E-state index >= 15 is 0 Å². The lowest BCUT2D eigenvalue weighted by molar-refractivity contribution is -0.387. The summed E-state index contributed by atoms with van der Waals surface area (Å²) in [7, 11) is 0. The third-order valence-electron chi connectivity index (χ3n) is 1.93. The number of benzene rings is 1. The normalized spacial score (nSPS) is 10.9. The van der Waals surface area contributed by atoms with Crippen molar-refractivity contribution < 1.29 is 14.1 Å². The van der Waals surface area contributed by atoms with Crippen molar-refractivity contribution in [1.29, 1.82) is 0 Å². The third kappa shape index (κ3) is 3.43. The van der Waals surface area contributed by atoms with Gasteiger partial charge in [0.1, 0.15) is 0 Å². The van der Waals surface area contributed by atoms with Crippen LogP contribution in [0.1, 0.15) is 12.5 Å². The molecule has 16 heavy (non-hydrogen) atoms. The van der Waals surface area contributed by atoms with Gasteiger partial charge >= 0.3 is 5.69 Å². The number of halogens is 1. The molecule has 0 aromatic heterocycles. The number of nitro benzene ring substituents is 1. The number of rotatable bonds is 5. The van der Waals surface area contributed by atoms with Crippen LogP contribution in [0.25, 0.3) is 0 Å². The Bertz CT molecular complexity index is 404. The van der Waals surface area contributed by atoms with Crippen LogP contribution in [0.4, 0.5) is 10.1 Å². The summed E-state index contributed by atoms with van der Waals surface area (Å²) in [6, 6.07) is 3.74. The van der Waals surface area contributed by atoms with Crippen molar-refractivity contribution in [2.75, 3.05) is 6.61 Å². The maximum Gasteiger partial charge on any atom is 0.304 e. The summed E-state index contributed by atoms with van der Waals surface area (Å²) in [5.41, 5.74) is 0.0600. The van der Waals surface area contributed by atoms with Crippen molar-refractivity contribution in [3.05, 3.63) is 51.8 Å². The lowest BCUT2D eigenvalue weighted by Gasteiger charge is -2.02. The van der Waals surface area contributed by atoms with Crippen LogP contribution in [-0.2, 0) is 11.3 Å². The fourth-order valence-corrected chi connectivity index (χ4v) is 1.13. The van der Waals surface area contributed by atoms with Crippen molar-refractivity contribution >= 4 is 5.69 Å². The zero-order valence-electron chi connectivity index (χ0n) is 8.85. The van der Waals surface area contributed by atoms with Crippen molar-refractivity contribution in [2.24, 2.45) is 0 Å². The van der Waals surface area contributed by atoms with Crippen LogP contribution in [0.2, 0.25) is 0 Å². The molecule has 0 spiro atoms. The first-order chi connectivity index (χ1) is 7.65. The monoisotopic (exact) mass is 225 g/mol. The number of nitrogens with zero attached hydrogens (tertiary/aromatic N) is 1. The fourth-order valence-electron chi connectivity index (χ4n) is 1.13. The molecule has 4 nitrogen and oxygen atoms in total. The smallest absolute Gasteiger partial charge is 0.304 e. The van der Waals surface area contributed by atoms with E-state index in [1.54, 1.807) is 0 Å². The van der Waals surface area contributed by atoms with Crippen LogP contribution < -0.4 is 0 Å². The molecule has 1 rings (SSSR count). The van der Waals surface area contributed by atoms with Crippen molar-refractivity contribution in [3.8, 4) is 0 Å². The van der Waals surface area contributed by atoms with Crippen LogP contribution in [-0.4, -0.2) is 11.5 Å². The first-order valence-corrected chi connectivity index (χ1v) is 4.77. The SMILES string of the molecule is CC=CCOCc1ccc([N+](=O)[O-])c(F)c1. The topological polar surface area (TPSA) is 52.4 Å². The fraction of sp³-hybridized carbons (Fsp3) is 0.273. The molecule has 1 aromatic rings. The van der Waals surface area contributed by atoms with E-state index in [0.29, 0.717) is 12.2 Å². The van der Waals surface area contributed by atoms with Crippen LogP contribution in [0.15, 0.2) is 30.4 Å². The molecule has 0 atom stereocenters. The number of hydrogen-bond donors (Lipinski definition) is 0. The molecule has 0 bridgehead atoms. The summed E-state index contributed by atoms with van der Waals surface area (Å²) in [5, 5.41) is 10.4. The maximum absolute atomic E-state index is 13.2. The molecule has 86 valence electrons. The molecular weight excluding hydrogens is 213 g/mol. The highest BCUT2D eigenvalue weighted by Gasteiger charge is 2.13. The molecule has 0 radical (unpaired) electrons. The van der Waals surface area contributed by atoms with Crippen LogP contribution in [0.5, 0.6) is 0 Å². The van der Waals surface area contributed by atoms with Gasteiger partial charge in [-0.3, -0.25) is 10.1 Å². The van der Waals surface area contributed by atoms with Gasteiger partial charge in [0.2, 0.25) is 5.82 Å². The first kappa shape index (κ1) is 12.3. The van der Waals surface area contributed by atoms with E-state index in [0.717, 1.165) is 12.1 Å². The number of allylic oxidation sites excluding steroid dienone is 1. The molecule has 0 saturated carbocycles. The number of nitro groups is 1. The summed E-state index contributed by atoms with van der Waals surface area (Å²) in [6.45, 7) is 2.54. The molecule has 5 heteroatoms. The van der Waals surface area contributed by atoms with Gasteiger partial charge in [-0.25, -0.2) is 0 Å². The van der Waals surface area contributed by atoms with Gasteiger partial charge in [-0.05, 0) is 24.6 Å². The van der Waals surface area contributed by atoms with E-state index in [9.17, 15) is 14.5 Å². The molecule has 0 N–H and O–H groups in total. The van der Waals surface area contributed by atoms with E-state index in [4.69, 9.17) is 4.74 Å². The summed E-state index contributed by atoms with van der Waals surface area (Å²) < 4.78 is 18.4. The Kier molecular flexibility index (Phi) is 4.60. The molecule has 0 saturated heterocycles. The van der Waals surface area contributed by atoms with Gasteiger partial charge in [0.15, 0.2) is 0 Å². The Hall–Kier alpha value is -1.75. The quantitative estimate of drug-likeness (QED) is 0.335. The highest BCUT2D eigenvalue weighted by atomic mass is 19.1. The molecule has 0 unspecified atom stereocenters. The van der Waals surface area contributed by atoms with Gasteiger partial charge in [0.05, 0.1) is 18.1 Å². The highest BCUT2D eigenvalue weighted by molar-refractivity contribution is 5.34. The largest absolute Gasteiger partial charge is 0.373 e. The first-order valence-electron chi connectivity index (χ1n) is 4.77. The summed E-state index contributed by atoms with van der Waals surface area (Å²) >= 11 is 0. The molecule has 0 aliphatic carbocycles. The van der Waals surface area contributed by atoms with Crippen LogP contribution >= 0.6 is 0 Å². The van der Waals surface area contributed by atoms with Crippen LogP contribution in [0.3, 0.4) is 0 Å². The van der Waals surface area contributed by atoms with Gasteiger partial charge in [-0.1, -0.05) is 12.2 Å². The molecule has 1 aromatic carbocycles. The lowest BCUT2D eigenvalue weighted by atomic mass is 10.2. The van der Waals surface area contributed by atoms with Crippen molar-refractivity contribution in [3.63, 3.8) is 0 Å². The Morgan fingerprint density at radius 1 is 1.56 bits per heavy atom. The second kappa shape index (κ2) is 5.97. The molecule has 0 fully saturated rings. The minimum Gasteiger partial charge on any atom is -0.373 e. The molecular formula is C11H12FNO3. The van der Waals surface area contributed by atoms with E-state index in [2.05, 4.69) is 0 Å². The molecule has 0 heterocycles. The Labute approximate surface area is 92.5 Å². The number of ether oxygens (including phenoxy) is 1. The average molecular weight is 225 g/mol. The minimum atomic E-state index is -0.836. The van der Waals surface area contributed by atoms with E-state index in [-0.39, 0.29) is 6.61 Å². The Morgan fingerprint density at radius 2 is 2.31 bits per heavy atom. The molecule has 0 amide bonds. The second-order valence-electron chi connectivity index (χ2n) is 3.13. The van der Waals surface area contributed by atoms with Crippen LogP contribution in [0, 0.1) is 15.9 Å². The lowest BCUT2D eigenvalue weighted by Crippen LogP contribution is -1.96. The zero-order chi connectivity index (χ0) is 12.0. The third-order valence-corrected chi connectivity index (χ3v) is 1.93. The minimum absolute atomic E-state index is 0.235. The average Bonchev–Trinajstić information content (AvgIpc) is 2.24. The summed E-state index contributed by atoms with van der Waals surface area (Å²) in [5.74, 6) is -0.836. The predicted octanol–water partition coefficient (Wildman–Crippen LogP) is 2.83. The van der Waals surface area contributed by atoms with Gasteiger partial charge in [-0.15, -0.1) is 0 Å². The predicted molar refractivity (Wildman–Crippen MR) is 57.5 cm³/mol. The zero-order valence-corrected chi connectivity index (χ0v) is 8.85. The molecule has 0 aliphatic heterocycles. The standard InChI is InChI=1S/C11H12FNO3/c1-2-3-6-16-8-9-4-5-11(13(14)15)10(12)7-9/h2-5,7H,6,8H2,1H3. The van der Waals surface area contributed by atoms with Gasteiger partial charge in [-0.2, -0.15) is 4.39 Å². The number of hydrogen-bond acceptors (Lipinski definition) is 3. The summed E-state index contributed by atoms with van der Waals surface area (Å²) in [4.78, 5) is 9.61. The summed E-state index contributed by atoms with van der Waals surface area (Å²) in [6.07, 6.45) is 3.66. The van der Waals surface area contributed by atoms with Crippen molar-refractivity contribution in [1.82, 2.24) is 0 Å². The second-order valence-corrected chi connectivity index (χ2v) is 3.13. The van der Waals surface area contributed by atoms with Crippen molar-refractivity contribution in [2.45, 2.75) is 13.5 Å². The Balaban J connectivity index is 2.63. The molecule has 0 aliphatic rings. The van der Waals surface area contributed by atoms with Gasteiger partial charge in [0.25, 0.3) is 0 Å². The van der Waals surface area contributed by atoms with E-state index < -0.39 is 16.4 Å². The van der Waals surface area contributed by atoms with E-state index in [1.165, 1.54) is 6.07 Å². The van der Waals surface area contributed by atoms with Gasteiger partial charge in [0, 0.05) is 6.07 Å². The van der Waals surface area contributed by atoms with E-state index in [1.807, 2.05) is 19.1 Å². The highest BCUT2D eigenvalue weighted by Crippen LogP contribution is 2.18. The van der Waals surface area contributed by atoms with Gasteiger partial charge < -0.3 is 4.74 Å². The Morgan fingerprint density at radius 3 is 2.88 bits per heavy atom.